The van der Waals surface area contributed by atoms with Gasteiger partial charge in [0.15, 0.2) is 0 Å². The summed E-state index contributed by atoms with van der Waals surface area (Å²) < 4.78 is 5.45. The number of hydrogen-bond acceptors (Lipinski definition) is 3. The Labute approximate surface area is 106 Å². The Morgan fingerprint density at radius 1 is 1.33 bits per heavy atom. The van der Waals surface area contributed by atoms with Gasteiger partial charge in [0.25, 0.3) is 0 Å². The van der Waals surface area contributed by atoms with Crippen LogP contribution in [0, 0.1) is 0 Å². The fourth-order valence-corrected chi connectivity index (χ4v) is 1.23. The van der Waals surface area contributed by atoms with Crippen molar-refractivity contribution in [2.45, 2.75) is 13.3 Å². The quantitative estimate of drug-likeness (QED) is 0.321. The summed E-state index contributed by atoms with van der Waals surface area (Å²) in [6.07, 6.45) is -0.525. The second-order valence-corrected chi connectivity index (χ2v) is 3.40. The molecule has 0 radical (unpaired) electrons. The molecule has 6 heteroatoms. The Hall–Kier alpha value is -2.24. The Balaban J connectivity index is 2.27. The third kappa shape index (κ3) is 5.74. The number of hydrazine groups is 1. The first-order valence-corrected chi connectivity index (χ1v) is 5.68. The largest absolute Gasteiger partial charge is 0.492 e. The van der Waals surface area contributed by atoms with Crippen LogP contribution in [0.15, 0.2) is 35.3 Å². The number of carboxylic acid groups (broad SMARTS) is 1. The van der Waals surface area contributed by atoms with Gasteiger partial charge in [-0.3, -0.25) is 10.4 Å². The molecule has 0 saturated heterocycles. The highest BCUT2D eigenvalue weighted by molar-refractivity contribution is 5.83. The Kier molecular flexibility index (Phi) is 6.10. The molecule has 0 fully saturated rings. The molecule has 1 aromatic carbocycles. The molecular formula is C12H17N3O3. The van der Waals surface area contributed by atoms with Gasteiger partial charge in [0.05, 0.1) is 6.54 Å². The molecule has 6 nitrogen and oxygen atoms in total. The van der Waals surface area contributed by atoms with Crippen LogP contribution in [-0.2, 0) is 0 Å². The van der Waals surface area contributed by atoms with Gasteiger partial charge >= 0.3 is 6.09 Å². The van der Waals surface area contributed by atoms with E-state index in [1.807, 2.05) is 37.3 Å². The van der Waals surface area contributed by atoms with Gasteiger partial charge in [-0.2, -0.15) is 0 Å². The minimum Gasteiger partial charge on any atom is -0.492 e. The fraction of sp³-hybridized carbons (Fsp3) is 0.333. The first kappa shape index (κ1) is 13.8. The smallest absolute Gasteiger partial charge is 0.423 e. The Bertz CT molecular complexity index is 393. The summed E-state index contributed by atoms with van der Waals surface area (Å²) in [6, 6.07) is 9.45. The number of amides is 1. The fourth-order valence-electron chi connectivity index (χ4n) is 1.23. The number of nitrogens with one attached hydrogen (secondary N) is 2. The Morgan fingerprint density at radius 3 is 2.67 bits per heavy atom. The zero-order valence-corrected chi connectivity index (χ0v) is 10.2. The van der Waals surface area contributed by atoms with E-state index in [1.54, 1.807) is 0 Å². The molecule has 0 aliphatic rings. The lowest BCUT2D eigenvalue weighted by Crippen LogP contribution is -2.40. The maximum atomic E-state index is 10.3. The van der Waals surface area contributed by atoms with Gasteiger partial charge in [-0.25, -0.2) is 10.2 Å². The van der Waals surface area contributed by atoms with Crippen LogP contribution in [0.3, 0.4) is 0 Å². The van der Waals surface area contributed by atoms with Crippen LogP contribution in [0.1, 0.15) is 13.3 Å². The van der Waals surface area contributed by atoms with Crippen molar-refractivity contribution in [3.8, 4) is 5.75 Å². The van der Waals surface area contributed by atoms with E-state index in [4.69, 9.17) is 9.84 Å². The highest BCUT2D eigenvalue weighted by Crippen LogP contribution is 2.07. The maximum Gasteiger partial charge on any atom is 0.423 e. The van der Waals surface area contributed by atoms with Crippen LogP contribution in [0.2, 0.25) is 0 Å². The van der Waals surface area contributed by atoms with Gasteiger partial charge in [-0.05, 0) is 12.1 Å². The number of nitrogens with zero attached hydrogens (tertiary/aromatic N) is 1. The maximum absolute atomic E-state index is 10.3. The first-order valence-electron chi connectivity index (χ1n) is 5.68. The van der Waals surface area contributed by atoms with Gasteiger partial charge in [0.1, 0.15) is 18.2 Å². The van der Waals surface area contributed by atoms with Crippen LogP contribution in [0.5, 0.6) is 5.75 Å². The van der Waals surface area contributed by atoms with Gasteiger partial charge in [0, 0.05) is 6.42 Å². The number of hydrogen-bond donors (Lipinski definition) is 3. The molecule has 0 unspecified atom stereocenters. The molecule has 0 heterocycles. The number of carbonyl (C=O) groups is 1. The summed E-state index contributed by atoms with van der Waals surface area (Å²) in [6.45, 7) is 2.79. The molecule has 98 valence electrons. The van der Waals surface area contributed by atoms with Crippen LogP contribution in [-0.4, -0.2) is 30.2 Å². The van der Waals surface area contributed by atoms with Crippen molar-refractivity contribution < 1.29 is 14.6 Å². The number of rotatable bonds is 5. The molecule has 1 aromatic rings. The highest BCUT2D eigenvalue weighted by Gasteiger charge is 1.97. The number of para-hydroxylation sites is 1. The van der Waals surface area contributed by atoms with Crippen molar-refractivity contribution in [2.24, 2.45) is 4.99 Å². The number of benzene rings is 1. The average Bonchev–Trinajstić information content (AvgIpc) is 2.39. The van der Waals surface area contributed by atoms with E-state index in [9.17, 15) is 4.79 Å². The SMILES string of the molecule is CCC(=NCCOc1ccccc1)NNC(=O)O. The molecule has 0 aromatic heterocycles. The lowest BCUT2D eigenvalue weighted by Gasteiger charge is -2.08. The monoisotopic (exact) mass is 251 g/mol. The second-order valence-electron chi connectivity index (χ2n) is 3.40. The lowest BCUT2D eigenvalue weighted by molar-refractivity contribution is 0.192. The minimum absolute atomic E-state index is 0.447. The van der Waals surface area contributed by atoms with E-state index >= 15 is 0 Å². The van der Waals surface area contributed by atoms with Crippen molar-refractivity contribution in [2.75, 3.05) is 13.2 Å². The van der Waals surface area contributed by atoms with E-state index in [1.165, 1.54) is 0 Å². The van der Waals surface area contributed by atoms with Crippen molar-refractivity contribution in [3.05, 3.63) is 30.3 Å². The lowest BCUT2D eigenvalue weighted by atomic mass is 10.3. The van der Waals surface area contributed by atoms with Crippen LogP contribution >= 0.6 is 0 Å². The molecule has 0 aliphatic carbocycles. The summed E-state index contributed by atoms with van der Waals surface area (Å²) in [5, 5.41) is 8.42. The molecule has 3 N–H and O–H groups in total. The Morgan fingerprint density at radius 2 is 2.06 bits per heavy atom. The second kappa shape index (κ2) is 7.94. The predicted molar refractivity (Wildman–Crippen MR) is 68.8 cm³/mol. The predicted octanol–water partition coefficient (Wildman–Crippen LogP) is 1.65. The van der Waals surface area contributed by atoms with Gasteiger partial charge < -0.3 is 9.84 Å². The molecule has 0 aliphatic heterocycles. The molecule has 1 amide bonds. The van der Waals surface area contributed by atoms with Crippen LogP contribution < -0.4 is 15.6 Å². The van der Waals surface area contributed by atoms with E-state index < -0.39 is 6.09 Å². The molecular weight excluding hydrogens is 234 g/mol. The van der Waals surface area contributed by atoms with Crippen LogP contribution in [0.4, 0.5) is 4.79 Å². The summed E-state index contributed by atoms with van der Waals surface area (Å²) >= 11 is 0. The summed E-state index contributed by atoms with van der Waals surface area (Å²) in [5.74, 6) is 1.37. The minimum atomic E-state index is -1.14. The van der Waals surface area contributed by atoms with Crippen molar-refractivity contribution in [1.82, 2.24) is 10.9 Å². The molecule has 0 spiro atoms. The molecule has 0 atom stereocenters. The van der Waals surface area contributed by atoms with E-state index in [0.717, 1.165) is 5.75 Å². The molecule has 0 bridgehead atoms. The van der Waals surface area contributed by atoms with E-state index in [-0.39, 0.29) is 0 Å². The molecule has 18 heavy (non-hydrogen) atoms. The molecule has 0 saturated carbocycles. The number of aliphatic imine (C=N–C) groups is 1. The third-order valence-corrected chi connectivity index (χ3v) is 2.05. The standard InChI is InChI=1S/C12H17N3O3/c1-2-11(14-15-12(16)17)13-8-9-18-10-6-4-3-5-7-10/h3-7,15H,2,8-9H2,1H3,(H,13,14)(H,16,17). The molecule has 1 rings (SSSR count). The normalized spacial score (nSPS) is 10.8. The van der Waals surface area contributed by atoms with Crippen molar-refractivity contribution in [1.29, 1.82) is 0 Å². The summed E-state index contributed by atoms with van der Waals surface area (Å²) in [5.41, 5.74) is 4.56. The number of amidine groups is 1. The van der Waals surface area contributed by atoms with Gasteiger partial charge in [0.2, 0.25) is 0 Å². The average molecular weight is 251 g/mol. The van der Waals surface area contributed by atoms with E-state index in [0.29, 0.717) is 25.4 Å². The third-order valence-electron chi connectivity index (χ3n) is 2.05. The zero-order valence-electron chi connectivity index (χ0n) is 10.2. The zero-order chi connectivity index (χ0) is 13.2. The van der Waals surface area contributed by atoms with Gasteiger partial charge in [-0.1, -0.05) is 25.1 Å². The van der Waals surface area contributed by atoms with Crippen molar-refractivity contribution >= 4 is 11.9 Å². The first-order chi connectivity index (χ1) is 8.72. The summed E-state index contributed by atoms with van der Waals surface area (Å²) in [7, 11) is 0. The topological polar surface area (TPSA) is 83.0 Å². The van der Waals surface area contributed by atoms with Crippen LogP contribution in [0.25, 0.3) is 0 Å². The highest BCUT2D eigenvalue weighted by atomic mass is 16.5. The van der Waals surface area contributed by atoms with Gasteiger partial charge in [-0.15, -0.1) is 0 Å². The number of ether oxygens (including phenoxy) is 1. The van der Waals surface area contributed by atoms with Crippen molar-refractivity contribution in [3.63, 3.8) is 0 Å². The summed E-state index contributed by atoms with van der Waals surface area (Å²) in [4.78, 5) is 14.5. The van der Waals surface area contributed by atoms with E-state index in [2.05, 4.69) is 15.8 Å².